The molecule has 0 aliphatic carbocycles. The van der Waals surface area contributed by atoms with E-state index < -0.39 is 24.4 Å². The van der Waals surface area contributed by atoms with Gasteiger partial charge in [0, 0.05) is 24.7 Å². The fourth-order valence-electron chi connectivity index (χ4n) is 1.70. The third-order valence-electron chi connectivity index (χ3n) is 2.61. The normalized spacial score (nSPS) is 12.8. The van der Waals surface area contributed by atoms with Gasteiger partial charge in [0.05, 0.1) is 12.1 Å². The molecular formula is C12H11F3N4S. The predicted octanol–water partition coefficient (Wildman–Crippen LogP) is 2.97. The van der Waals surface area contributed by atoms with Gasteiger partial charge in [0.1, 0.15) is 5.92 Å². The van der Waals surface area contributed by atoms with Gasteiger partial charge in [0.15, 0.2) is 5.16 Å². The maximum Gasteiger partial charge on any atom is 0.389 e. The molecule has 1 aromatic rings. The summed E-state index contributed by atoms with van der Waals surface area (Å²) in [4.78, 5) is 7.92. The van der Waals surface area contributed by atoms with Crippen molar-refractivity contribution in [3.8, 4) is 12.1 Å². The molecule has 1 atom stereocenters. The molecule has 0 aromatic carbocycles. The van der Waals surface area contributed by atoms with Crippen molar-refractivity contribution in [1.29, 1.82) is 10.5 Å². The third-order valence-corrected chi connectivity index (χ3v) is 3.18. The summed E-state index contributed by atoms with van der Waals surface area (Å²) in [7, 11) is 0. The first-order chi connectivity index (χ1) is 9.39. The predicted molar refractivity (Wildman–Crippen MR) is 66.4 cm³/mol. The second-order valence-electron chi connectivity index (χ2n) is 4.10. The van der Waals surface area contributed by atoms with Crippen molar-refractivity contribution in [3.63, 3.8) is 0 Å². The topological polar surface area (TPSA) is 73.4 Å². The Morgan fingerprint density at radius 2 is 1.80 bits per heavy atom. The van der Waals surface area contributed by atoms with Crippen LogP contribution in [-0.4, -0.2) is 22.4 Å². The van der Waals surface area contributed by atoms with Crippen molar-refractivity contribution in [1.82, 2.24) is 9.97 Å². The molecule has 0 spiro atoms. The lowest BCUT2D eigenvalue weighted by Crippen LogP contribution is -2.23. The van der Waals surface area contributed by atoms with E-state index in [0.29, 0.717) is 10.7 Å². The summed E-state index contributed by atoms with van der Waals surface area (Å²) in [5, 5.41) is 18.1. The zero-order chi connectivity index (χ0) is 15.2. The minimum absolute atomic E-state index is 0.0556. The molecule has 0 saturated carbocycles. The van der Waals surface area contributed by atoms with E-state index in [4.69, 9.17) is 10.5 Å². The fourth-order valence-corrected chi connectivity index (χ4v) is 2.02. The van der Waals surface area contributed by atoms with E-state index in [0.717, 1.165) is 0 Å². The van der Waals surface area contributed by atoms with Crippen LogP contribution in [0.25, 0.3) is 0 Å². The lowest BCUT2D eigenvalue weighted by molar-refractivity contribution is -0.145. The number of rotatable bonds is 5. The molecule has 1 unspecified atom stereocenters. The van der Waals surface area contributed by atoms with Crippen LogP contribution in [-0.2, 0) is 6.42 Å². The summed E-state index contributed by atoms with van der Waals surface area (Å²) in [5.41, 5.74) is 0.479. The highest BCUT2D eigenvalue weighted by molar-refractivity contribution is 7.98. The second-order valence-corrected chi connectivity index (χ2v) is 4.87. The first-order valence-corrected chi connectivity index (χ1v) is 6.83. The summed E-state index contributed by atoms with van der Waals surface area (Å²) in [6.45, 7) is 0. The lowest BCUT2D eigenvalue weighted by Gasteiger charge is -2.18. The largest absolute Gasteiger partial charge is 0.389 e. The zero-order valence-electron chi connectivity index (χ0n) is 10.6. The number of nitriles is 2. The molecule has 4 nitrogen and oxygen atoms in total. The van der Waals surface area contributed by atoms with E-state index in [2.05, 4.69) is 9.97 Å². The maximum absolute atomic E-state index is 12.5. The fraction of sp³-hybridized carbons (Fsp3) is 0.500. The first kappa shape index (κ1) is 16.3. The summed E-state index contributed by atoms with van der Waals surface area (Å²) in [5.74, 6) is -2.43. The zero-order valence-corrected chi connectivity index (χ0v) is 11.4. The standard InChI is InChI=1S/C12H11F3N4S/c1-20-11-18-6-8(7-19-11)2-9(3-12(13,14)15)10(4-16)5-17/h6-7,9-10H,2-3H2,1H3. The number of hydrogen-bond donors (Lipinski definition) is 0. The van der Waals surface area contributed by atoms with E-state index in [9.17, 15) is 13.2 Å². The molecule has 0 radical (unpaired) electrons. The number of nitrogens with zero attached hydrogens (tertiary/aromatic N) is 4. The lowest BCUT2D eigenvalue weighted by atomic mass is 9.86. The molecule has 1 aromatic heterocycles. The van der Waals surface area contributed by atoms with Crippen LogP contribution in [0.2, 0.25) is 0 Å². The highest BCUT2D eigenvalue weighted by atomic mass is 32.2. The summed E-state index contributed by atoms with van der Waals surface area (Å²) in [6.07, 6.45) is -1.02. The van der Waals surface area contributed by atoms with Gasteiger partial charge in [-0.3, -0.25) is 0 Å². The monoisotopic (exact) mass is 300 g/mol. The quantitative estimate of drug-likeness (QED) is 0.617. The summed E-state index contributed by atoms with van der Waals surface area (Å²) in [6, 6.07) is 3.22. The Morgan fingerprint density at radius 1 is 1.25 bits per heavy atom. The van der Waals surface area contributed by atoms with Crippen LogP contribution in [0.4, 0.5) is 13.2 Å². The van der Waals surface area contributed by atoms with Crippen LogP contribution in [0.15, 0.2) is 17.6 Å². The highest BCUT2D eigenvalue weighted by Crippen LogP contribution is 2.31. The van der Waals surface area contributed by atoms with E-state index in [1.807, 2.05) is 0 Å². The van der Waals surface area contributed by atoms with E-state index in [-0.39, 0.29) is 6.42 Å². The van der Waals surface area contributed by atoms with Gasteiger partial charge in [0.2, 0.25) is 0 Å². The Labute approximate surface area is 118 Å². The third kappa shape index (κ3) is 5.06. The number of thioether (sulfide) groups is 1. The van der Waals surface area contributed by atoms with Gasteiger partial charge in [-0.15, -0.1) is 0 Å². The number of alkyl halides is 3. The molecule has 0 amide bonds. The van der Waals surface area contributed by atoms with Gasteiger partial charge in [-0.1, -0.05) is 11.8 Å². The molecule has 106 valence electrons. The van der Waals surface area contributed by atoms with Gasteiger partial charge in [0.25, 0.3) is 0 Å². The van der Waals surface area contributed by atoms with Crippen molar-refractivity contribution < 1.29 is 13.2 Å². The van der Waals surface area contributed by atoms with Crippen LogP contribution in [0.3, 0.4) is 0 Å². The highest BCUT2D eigenvalue weighted by Gasteiger charge is 2.36. The van der Waals surface area contributed by atoms with E-state index in [1.54, 1.807) is 18.4 Å². The molecular weight excluding hydrogens is 289 g/mol. The van der Waals surface area contributed by atoms with Crippen molar-refractivity contribution in [2.45, 2.75) is 24.2 Å². The van der Waals surface area contributed by atoms with Crippen molar-refractivity contribution >= 4 is 11.8 Å². The van der Waals surface area contributed by atoms with Gasteiger partial charge in [-0.05, 0) is 18.2 Å². The smallest absolute Gasteiger partial charge is 0.231 e. The van der Waals surface area contributed by atoms with E-state index in [1.165, 1.54) is 24.2 Å². The molecule has 0 fully saturated rings. The Kier molecular flexibility index (Phi) is 5.78. The minimum Gasteiger partial charge on any atom is -0.231 e. The summed E-state index contributed by atoms with van der Waals surface area (Å²) < 4.78 is 37.5. The van der Waals surface area contributed by atoms with Crippen LogP contribution < -0.4 is 0 Å². The Morgan fingerprint density at radius 3 is 2.20 bits per heavy atom. The van der Waals surface area contributed by atoms with Gasteiger partial charge in [-0.25, -0.2) is 9.97 Å². The molecule has 1 rings (SSSR count). The van der Waals surface area contributed by atoms with Gasteiger partial charge < -0.3 is 0 Å². The van der Waals surface area contributed by atoms with E-state index >= 15 is 0 Å². The minimum atomic E-state index is -4.42. The molecule has 0 saturated heterocycles. The molecule has 0 aliphatic rings. The maximum atomic E-state index is 12.5. The second kappa shape index (κ2) is 7.11. The van der Waals surface area contributed by atoms with Crippen molar-refractivity contribution in [2.24, 2.45) is 11.8 Å². The number of halogens is 3. The van der Waals surface area contributed by atoms with Gasteiger partial charge >= 0.3 is 6.18 Å². The number of hydrogen-bond acceptors (Lipinski definition) is 5. The molecule has 8 heteroatoms. The molecule has 0 N–H and O–H groups in total. The Hall–Kier alpha value is -1.80. The van der Waals surface area contributed by atoms with Gasteiger partial charge in [-0.2, -0.15) is 23.7 Å². The SMILES string of the molecule is CSc1ncc(CC(CC(F)(F)F)C(C#N)C#N)cn1. The van der Waals surface area contributed by atoms with Crippen molar-refractivity contribution in [2.75, 3.05) is 6.26 Å². The van der Waals surface area contributed by atoms with Crippen LogP contribution in [0, 0.1) is 34.5 Å². The molecule has 0 aliphatic heterocycles. The Balaban J connectivity index is 2.88. The number of aromatic nitrogens is 2. The average Bonchev–Trinajstić information content (AvgIpc) is 2.39. The Bertz CT molecular complexity index is 501. The molecule has 20 heavy (non-hydrogen) atoms. The van der Waals surface area contributed by atoms with Crippen LogP contribution in [0.1, 0.15) is 12.0 Å². The average molecular weight is 300 g/mol. The van der Waals surface area contributed by atoms with Crippen LogP contribution >= 0.6 is 11.8 Å². The molecule has 0 bridgehead atoms. The van der Waals surface area contributed by atoms with Crippen LogP contribution in [0.5, 0.6) is 0 Å². The first-order valence-electron chi connectivity index (χ1n) is 5.60. The molecule has 1 heterocycles. The van der Waals surface area contributed by atoms with Crippen molar-refractivity contribution in [3.05, 3.63) is 18.0 Å². The summed E-state index contributed by atoms with van der Waals surface area (Å²) >= 11 is 1.31.